The van der Waals surface area contributed by atoms with Crippen molar-refractivity contribution >= 4 is 11.8 Å². The molecule has 4 atom stereocenters. The zero-order chi connectivity index (χ0) is 16.6. The van der Waals surface area contributed by atoms with E-state index in [2.05, 4.69) is 15.2 Å². The number of aromatic nitrogens is 3. The van der Waals surface area contributed by atoms with Crippen LogP contribution in [0.25, 0.3) is 11.3 Å². The lowest BCUT2D eigenvalue weighted by molar-refractivity contribution is -0.0786. The van der Waals surface area contributed by atoms with Crippen LogP contribution in [0.1, 0.15) is 11.4 Å². The van der Waals surface area contributed by atoms with Gasteiger partial charge < -0.3 is 20.1 Å². The summed E-state index contributed by atoms with van der Waals surface area (Å²) in [6.07, 6.45) is -1.72. The molecule has 0 saturated carbocycles. The monoisotopic (exact) mass is 337 g/mol. The first-order valence-corrected chi connectivity index (χ1v) is 8.32. The van der Waals surface area contributed by atoms with E-state index in [0.717, 1.165) is 22.6 Å². The number of aryl methyl sites for hydroxylation is 2. The number of aromatic amines is 1. The van der Waals surface area contributed by atoms with Crippen LogP contribution in [0.4, 0.5) is 0 Å². The maximum absolute atomic E-state index is 9.96. The lowest BCUT2D eigenvalue weighted by Gasteiger charge is -2.34. The van der Waals surface area contributed by atoms with E-state index in [0.29, 0.717) is 11.5 Å². The van der Waals surface area contributed by atoms with E-state index in [-0.39, 0.29) is 0 Å². The second kappa shape index (κ2) is 6.48. The molecule has 1 aliphatic heterocycles. The smallest absolute Gasteiger partial charge is 0.173 e. The Morgan fingerprint density at radius 1 is 1.22 bits per heavy atom. The van der Waals surface area contributed by atoms with Crippen molar-refractivity contribution in [3.8, 4) is 17.0 Å². The highest BCUT2D eigenvalue weighted by Gasteiger charge is 2.38. The summed E-state index contributed by atoms with van der Waals surface area (Å²) in [5, 5.41) is 36.3. The van der Waals surface area contributed by atoms with Gasteiger partial charge >= 0.3 is 0 Å². The topological polar surface area (TPSA) is 111 Å². The minimum absolute atomic E-state index is 0.307. The van der Waals surface area contributed by atoms with Gasteiger partial charge in [0.1, 0.15) is 18.0 Å². The van der Waals surface area contributed by atoms with E-state index >= 15 is 0 Å². The molecule has 2 aromatic heterocycles. The Labute approximate surface area is 137 Å². The van der Waals surface area contributed by atoms with E-state index < -0.39 is 23.7 Å². The second-order valence-electron chi connectivity index (χ2n) is 5.56. The lowest BCUT2D eigenvalue weighted by Crippen LogP contribution is -2.50. The molecule has 2 aromatic rings. The zero-order valence-electron chi connectivity index (χ0n) is 12.8. The quantitative estimate of drug-likeness (QED) is 0.650. The van der Waals surface area contributed by atoms with Gasteiger partial charge in [-0.2, -0.15) is 5.10 Å². The molecule has 7 nitrogen and oxygen atoms in total. The SMILES string of the molecule is Cc1n[nH]c(C)c1-c1ccc(O[C@@H]2SC[C@@H](O)[C@H](O)[C@H]2O)cn1. The molecule has 0 amide bonds. The molecule has 0 spiro atoms. The summed E-state index contributed by atoms with van der Waals surface area (Å²) in [7, 11) is 0. The summed E-state index contributed by atoms with van der Waals surface area (Å²) in [6.45, 7) is 3.84. The first-order chi connectivity index (χ1) is 11.0. The van der Waals surface area contributed by atoms with Crippen LogP contribution in [0, 0.1) is 13.8 Å². The standard InChI is InChI=1S/C15H19N3O4S/c1-7-12(8(2)18-17-7)10-4-3-9(5-16-10)22-15-14(21)13(20)11(19)6-23-15/h3-5,11,13-15,19-21H,6H2,1-2H3,(H,17,18)/t11-,13+,14-,15-/m1/s1. The number of pyridine rings is 1. The summed E-state index contributed by atoms with van der Waals surface area (Å²) >= 11 is 1.26. The Bertz CT molecular complexity index is 656. The molecule has 0 unspecified atom stereocenters. The fraction of sp³-hybridized carbons (Fsp3) is 0.467. The molecule has 23 heavy (non-hydrogen) atoms. The minimum Gasteiger partial charge on any atom is -0.475 e. The third kappa shape index (κ3) is 3.20. The highest BCUT2D eigenvalue weighted by Crippen LogP contribution is 2.30. The maximum atomic E-state index is 9.96. The molecular weight excluding hydrogens is 318 g/mol. The summed E-state index contributed by atoms with van der Waals surface area (Å²) in [5.41, 5.74) is 2.92. The maximum Gasteiger partial charge on any atom is 0.173 e. The van der Waals surface area contributed by atoms with Gasteiger partial charge in [-0.05, 0) is 26.0 Å². The predicted octanol–water partition coefficient (Wildman–Crippen LogP) is 0.623. The van der Waals surface area contributed by atoms with Crippen molar-refractivity contribution in [1.29, 1.82) is 0 Å². The molecule has 1 fully saturated rings. The van der Waals surface area contributed by atoms with Crippen LogP contribution < -0.4 is 4.74 Å². The van der Waals surface area contributed by atoms with Crippen LogP contribution in [-0.2, 0) is 0 Å². The molecule has 0 bridgehead atoms. The molecule has 3 rings (SSSR count). The first-order valence-electron chi connectivity index (χ1n) is 7.28. The van der Waals surface area contributed by atoms with Crippen molar-refractivity contribution in [1.82, 2.24) is 15.2 Å². The molecular formula is C15H19N3O4S. The van der Waals surface area contributed by atoms with E-state index in [4.69, 9.17) is 4.74 Å². The van der Waals surface area contributed by atoms with Gasteiger partial charge in [0.25, 0.3) is 0 Å². The molecule has 3 heterocycles. The van der Waals surface area contributed by atoms with Gasteiger partial charge in [-0.25, -0.2) is 0 Å². The molecule has 0 radical (unpaired) electrons. The van der Waals surface area contributed by atoms with Gasteiger partial charge in [0.2, 0.25) is 0 Å². The molecule has 1 saturated heterocycles. The van der Waals surface area contributed by atoms with Crippen LogP contribution in [0.3, 0.4) is 0 Å². The van der Waals surface area contributed by atoms with E-state index in [1.807, 2.05) is 19.9 Å². The van der Waals surface area contributed by atoms with Gasteiger partial charge in [0, 0.05) is 17.0 Å². The molecule has 1 aliphatic rings. The van der Waals surface area contributed by atoms with Gasteiger partial charge in [0.15, 0.2) is 5.44 Å². The van der Waals surface area contributed by atoms with Crippen molar-refractivity contribution in [2.24, 2.45) is 0 Å². The Kier molecular flexibility index (Phi) is 4.58. The fourth-order valence-electron chi connectivity index (χ4n) is 2.54. The normalized spacial score (nSPS) is 27.9. The van der Waals surface area contributed by atoms with Crippen molar-refractivity contribution in [2.45, 2.75) is 37.6 Å². The Balaban J connectivity index is 1.73. The number of aliphatic hydroxyl groups excluding tert-OH is 3. The molecule has 0 aromatic carbocycles. The number of hydrogen-bond donors (Lipinski definition) is 4. The number of aliphatic hydroxyl groups is 3. The highest BCUT2D eigenvalue weighted by molar-refractivity contribution is 7.99. The van der Waals surface area contributed by atoms with Gasteiger partial charge in [-0.1, -0.05) is 0 Å². The fourth-order valence-corrected chi connectivity index (χ4v) is 3.66. The van der Waals surface area contributed by atoms with Crippen LogP contribution in [0.2, 0.25) is 0 Å². The predicted molar refractivity (Wildman–Crippen MR) is 86.2 cm³/mol. The van der Waals surface area contributed by atoms with Gasteiger partial charge in [-0.15, -0.1) is 11.8 Å². The molecule has 124 valence electrons. The van der Waals surface area contributed by atoms with E-state index in [1.54, 1.807) is 12.3 Å². The van der Waals surface area contributed by atoms with Crippen LogP contribution in [0.5, 0.6) is 5.75 Å². The average molecular weight is 337 g/mol. The zero-order valence-corrected chi connectivity index (χ0v) is 13.6. The number of hydrogen-bond acceptors (Lipinski definition) is 7. The summed E-state index contributed by atoms with van der Waals surface area (Å²) in [6, 6.07) is 3.59. The van der Waals surface area contributed by atoms with Crippen LogP contribution >= 0.6 is 11.8 Å². The molecule has 8 heteroatoms. The van der Waals surface area contributed by atoms with Crippen molar-refractivity contribution in [2.75, 3.05) is 5.75 Å². The number of nitrogens with one attached hydrogen (secondary N) is 1. The van der Waals surface area contributed by atoms with E-state index in [1.165, 1.54) is 11.8 Å². The van der Waals surface area contributed by atoms with Crippen molar-refractivity contribution in [3.63, 3.8) is 0 Å². The van der Waals surface area contributed by atoms with Gasteiger partial charge in [-0.3, -0.25) is 10.1 Å². The van der Waals surface area contributed by atoms with Crippen LogP contribution in [0.15, 0.2) is 18.3 Å². The number of thioether (sulfide) groups is 1. The Morgan fingerprint density at radius 2 is 2.00 bits per heavy atom. The Hall–Kier alpha value is -1.61. The number of nitrogens with zero attached hydrogens (tertiary/aromatic N) is 2. The van der Waals surface area contributed by atoms with E-state index in [9.17, 15) is 15.3 Å². The second-order valence-corrected chi connectivity index (χ2v) is 6.69. The lowest BCUT2D eigenvalue weighted by atomic mass is 10.1. The highest BCUT2D eigenvalue weighted by atomic mass is 32.2. The first kappa shape index (κ1) is 16.3. The van der Waals surface area contributed by atoms with Crippen molar-refractivity contribution < 1.29 is 20.1 Å². The summed E-state index contributed by atoms with van der Waals surface area (Å²) in [4.78, 5) is 4.38. The number of ether oxygens (including phenoxy) is 1. The Morgan fingerprint density at radius 3 is 2.61 bits per heavy atom. The molecule has 0 aliphatic carbocycles. The van der Waals surface area contributed by atoms with Crippen molar-refractivity contribution in [3.05, 3.63) is 29.7 Å². The number of H-pyrrole nitrogens is 1. The third-order valence-corrected chi connectivity index (χ3v) is 5.06. The number of rotatable bonds is 3. The average Bonchev–Trinajstić information content (AvgIpc) is 2.88. The largest absolute Gasteiger partial charge is 0.475 e. The summed E-state index contributed by atoms with van der Waals surface area (Å²) in [5.74, 6) is 0.801. The molecule has 4 N–H and O–H groups in total. The minimum atomic E-state index is -1.20. The summed E-state index contributed by atoms with van der Waals surface area (Å²) < 4.78 is 5.68. The third-order valence-electron chi connectivity index (χ3n) is 3.83. The van der Waals surface area contributed by atoms with Gasteiger partial charge in [0.05, 0.1) is 23.7 Å². The van der Waals surface area contributed by atoms with Crippen LogP contribution in [-0.4, -0.2) is 60.0 Å².